The van der Waals surface area contributed by atoms with Crippen LogP contribution in [0.2, 0.25) is 0 Å². The standard InChI is InChI=1S/C54H33NO2S/c1-2-12-34(13-3-1)39-16-11-24-49-51(39)46-21-10-22-47(53(46)57-49)55(37-30-26-35(27-31-37)40-17-8-19-44-42-14-4-6-23-48(42)56-52(40)44)38-32-28-36(29-33-38)41-18-9-20-45-43-15-5-7-25-50(43)58-54(41)45/h1-33H. The lowest BCUT2D eigenvalue weighted by Crippen LogP contribution is -2.10. The first kappa shape index (κ1) is 32.8. The number of fused-ring (bicyclic) bond motifs is 9. The zero-order valence-electron chi connectivity index (χ0n) is 31.2. The molecule has 0 spiro atoms. The maximum Gasteiger partial charge on any atom is 0.159 e. The predicted molar refractivity (Wildman–Crippen MR) is 245 cm³/mol. The topological polar surface area (TPSA) is 29.5 Å². The molecule has 3 aromatic heterocycles. The lowest BCUT2D eigenvalue weighted by atomic mass is 9.99. The van der Waals surface area contributed by atoms with Gasteiger partial charge in [0.1, 0.15) is 16.7 Å². The number of nitrogens with zero attached hydrogens (tertiary/aromatic N) is 1. The van der Waals surface area contributed by atoms with Gasteiger partial charge in [0, 0.05) is 58.7 Å². The van der Waals surface area contributed by atoms with Crippen molar-refractivity contribution in [2.45, 2.75) is 0 Å². The third kappa shape index (κ3) is 5.12. The molecule has 12 aromatic rings. The molecule has 0 amide bonds. The third-order valence-electron chi connectivity index (χ3n) is 11.5. The van der Waals surface area contributed by atoms with E-state index >= 15 is 0 Å². The van der Waals surface area contributed by atoms with E-state index in [1.54, 1.807) is 0 Å². The fourth-order valence-electron chi connectivity index (χ4n) is 8.82. The van der Waals surface area contributed by atoms with Gasteiger partial charge in [0.25, 0.3) is 0 Å². The Balaban J connectivity index is 1.02. The zero-order valence-corrected chi connectivity index (χ0v) is 32.0. The van der Waals surface area contributed by atoms with Crippen LogP contribution in [0.4, 0.5) is 17.1 Å². The van der Waals surface area contributed by atoms with Crippen molar-refractivity contribution in [3.8, 4) is 33.4 Å². The van der Waals surface area contributed by atoms with Crippen LogP contribution in [0, 0.1) is 0 Å². The third-order valence-corrected chi connectivity index (χ3v) is 12.7. The summed E-state index contributed by atoms with van der Waals surface area (Å²) >= 11 is 1.86. The van der Waals surface area contributed by atoms with Crippen LogP contribution in [0.3, 0.4) is 0 Å². The van der Waals surface area contributed by atoms with Crippen molar-refractivity contribution in [2.24, 2.45) is 0 Å². The van der Waals surface area contributed by atoms with Crippen molar-refractivity contribution in [3.63, 3.8) is 0 Å². The Morgan fingerprint density at radius 2 is 0.897 bits per heavy atom. The Morgan fingerprint density at radius 3 is 1.71 bits per heavy atom. The molecule has 3 nitrogen and oxygen atoms in total. The number of benzene rings is 9. The van der Waals surface area contributed by atoms with Gasteiger partial charge in [-0.2, -0.15) is 0 Å². The summed E-state index contributed by atoms with van der Waals surface area (Å²) in [5.41, 5.74) is 13.5. The summed E-state index contributed by atoms with van der Waals surface area (Å²) in [7, 11) is 0. The summed E-state index contributed by atoms with van der Waals surface area (Å²) < 4.78 is 15.9. The fraction of sp³-hybridized carbons (Fsp3) is 0. The van der Waals surface area contributed by atoms with Gasteiger partial charge < -0.3 is 13.7 Å². The number of thiophene rings is 1. The summed E-state index contributed by atoms with van der Waals surface area (Å²) in [6.45, 7) is 0. The number of anilines is 3. The molecule has 0 aliphatic carbocycles. The van der Waals surface area contributed by atoms with E-state index in [1.165, 1.54) is 31.3 Å². The molecule has 0 aliphatic heterocycles. The molecule has 12 rings (SSSR count). The van der Waals surface area contributed by atoms with E-state index in [0.29, 0.717) is 0 Å². The summed E-state index contributed by atoms with van der Waals surface area (Å²) in [5, 5.41) is 7.06. The molecule has 3 heterocycles. The Hall–Kier alpha value is -7.40. The van der Waals surface area contributed by atoms with Gasteiger partial charge in [-0.3, -0.25) is 0 Å². The number of hydrogen-bond acceptors (Lipinski definition) is 4. The molecule has 0 aliphatic rings. The summed E-state index contributed by atoms with van der Waals surface area (Å²) in [5.74, 6) is 0. The smallest absolute Gasteiger partial charge is 0.159 e. The Morgan fingerprint density at radius 1 is 0.345 bits per heavy atom. The molecule has 272 valence electrons. The number of furan rings is 2. The first-order valence-corrected chi connectivity index (χ1v) is 20.4. The summed E-state index contributed by atoms with van der Waals surface area (Å²) in [4.78, 5) is 2.32. The van der Waals surface area contributed by atoms with E-state index in [9.17, 15) is 0 Å². The number of hydrogen-bond donors (Lipinski definition) is 0. The highest BCUT2D eigenvalue weighted by atomic mass is 32.1. The van der Waals surface area contributed by atoms with Crippen molar-refractivity contribution >= 4 is 92.4 Å². The van der Waals surface area contributed by atoms with Gasteiger partial charge in [0.15, 0.2) is 5.58 Å². The van der Waals surface area contributed by atoms with Gasteiger partial charge in [-0.1, -0.05) is 152 Å². The van der Waals surface area contributed by atoms with Crippen LogP contribution in [0.5, 0.6) is 0 Å². The molecule has 0 radical (unpaired) electrons. The van der Waals surface area contributed by atoms with Crippen LogP contribution in [0.15, 0.2) is 209 Å². The zero-order chi connectivity index (χ0) is 38.2. The van der Waals surface area contributed by atoms with E-state index in [1.807, 2.05) is 23.5 Å². The second-order valence-electron chi connectivity index (χ2n) is 14.8. The van der Waals surface area contributed by atoms with Crippen LogP contribution < -0.4 is 4.90 Å². The quantitative estimate of drug-likeness (QED) is 0.169. The fourth-order valence-corrected chi connectivity index (χ4v) is 10.1. The molecular formula is C54H33NO2S. The van der Waals surface area contributed by atoms with Gasteiger partial charge in [-0.15, -0.1) is 11.3 Å². The van der Waals surface area contributed by atoms with Crippen LogP contribution in [-0.4, -0.2) is 0 Å². The summed E-state index contributed by atoms with van der Waals surface area (Å²) in [6.07, 6.45) is 0. The normalized spacial score (nSPS) is 11.8. The predicted octanol–water partition coefficient (Wildman–Crippen LogP) is 16.3. The molecule has 0 atom stereocenters. The van der Waals surface area contributed by atoms with Crippen LogP contribution in [-0.2, 0) is 0 Å². The van der Waals surface area contributed by atoms with Crippen molar-refractivity contribution in [1.82, 2.24) is 0 Å². The Bertz CT molecular complexity index is 3340. The molecule has 9 aromatic carbocycles. The first-order valence-electron chi connectivity index (χ1n) is 19.6. The maximum atomic E-state index is 6.86. The van der Waals surface area contributed by atoms with Gasteiger partial charge in [-0.05, 0) is 76.3 Å². The molecule has 0 N–H and O–H groups in total. The monoisotopic (exact) mass is 759 g/mol. The van der Waals surface area contributed by atoms with Crippen molar-refractivity contribution < 1.29 is 8.83 Å². The largest absolute Gasteiger partial charge is 0.455 e. The minimum Gasteiger partial charge on any atom is -0.455 e. The molecule has 4 heteroatoms. The van der Waals surface area contributed by atoms with Crippen LogP contribution in [0.1, 0.15) is 0 Å². The SMILES string of the molecule is c1ccc(-c2cccc3oc4c(N(c5ccc(-c6cccc7c6oc6ccccc67)cc5)c5ccc(-c6cccc7c6sc6ccccc67)cc5)cccc4c23)cc1. The van der Waals surface area contributed by atoms with Gasteiger partial charge in [0.2, 0.25) is 0 Å². The average Bonchev–Trinajstić information content (AvgIpc) is 3.99. The highest BCUT2D eigenvalue weighted by molar-refractivity contribution is 7.26. The van der Waals surface area contributed by atoms with Crippen LogP contribution >= 0.6 is 11.3 Å². The maximum absolute atomic E-state index is 6.86. The van der Waals surface area contributed by atoms with Crippen molar-refractivity contribution in [1.29, 1.82) is 0 Å². The summed E-state index contributed by atoms with van der Waals surface area (Å²) in [6, 6.07) is 71.2. The van der Waals surface area contributed by atoms with Crippen molar-refractivity contribution in [3.05, 3.63) is 200 Å². The van der Waals surface area contributed by atoms with Gasteiger partial charge in [-0.25, -0.2) is 0 Å². The van der Waals surface area contributed by atoms with E-state index in [0.717, 1.165) is 83.2 Å². The second-order valence-corrected chi connectivity index (χ2v) is 15.8. The van der Waals surface area contributed by atoms with E-state index in [-0.39, 0.29) is 0 Å². The Labute approximate surface area is 338 Å². The van der Waals surface area contributed by atoms with E-state index < -0.39 is 0 Å². The van der Waals surface area contributed by atoms with Gasteiger partial charge >= 0.3 is 0 Å². The molecule has 58 heavy (non-hydrogen) atoms. The first-order chi connectivity index (χ1) is 28.8. The van der Waals surface area contributed by atoms with Crippen LogP contribution in [0.25, 0.3) is 97.4 Å². The minimum absolute atomic E-state index is 0.844. The molecule has 0 fully saturated rings. The van der Waals surface area contributed by atoms with Gasteiger partial charge in [0.05, 0.1) is 5.69 Å². The molecule has 0 saturated carbocycles. The highest BCUT2D eigenvalue weighted by Crippen LogP contribution is 2.46. The minimum atomic E-state index is 0.844. The lowest BCUT2D eigenvalue weighted by molar-refractivity contribution is 0.669. The lowest BCUT2D eigenvalue weighted by Gasteiger charge is -2.26. The van der Waals surface area contributed by atoms with Crippen molar-refractivity contribution in [2.75, 3.05) is 4.90 Å². The number of para-hydroxylation sites is 3. The van der Waals surface area contributed by atoms with E-state index in [2.05, 4.69) is 193 Å². The highest BCUT2D eigenvalue weighted by Gasteiger charge is 2.22. The molecular weight excluding hydrogens is 727 g/mol. The Kier molecular flexibility index (Phi) is 7.40. The molecule has 0 saturated heterocycles. The molecule has 0 bridgehead atoms. The van der Waals surface area contributed by atoms with E-state index in [4.69, 9.17) is 8.83 Å². The average molecular weight is 760 g/mol. The second kappa shape index (κ2) is 13.1. The molecule has 0 unspecified atom stereocenters. The number of rotatable bonds is 6.